The van der Waals surface area contributed by atoms with Gasteiger partial charge in [-0.05, 0) is 30.5 Å². The van der Waals surface area contributed by atoms with E-state index in [0.29, 0.717) is 20.3 Å². The van der Waals surface area contributed by atoms with E-state index in [9.17, 15) is 13.2 Å². The van der Waals surface area contributed by atoms with Gasteiger partial charge in [-0.15, -0.1) is 15.7 Å². The predicted molar refractivity (Wildman–Crippen MR) is 104 cm³/mol. The molecule has 138 valence electrons. The molecule has 0 atom stereocenters. The van der Waals surface area contributed by atoms with Crippen molar-refractivity contribution in [1.82, 2.24) is 4.57 Å². The molecule has 0 N–H and O–H groups in total. The molecule has 0 aliphatic heterocycles. The number of ether oxygens (including phenoxy) is 1. The van der Waals surface area contributed by atoms with E-state index in [1.165, 1.54) is 10.6 Å². The van der Waals surface area contributed by atoms with Crippen molar-refractivity contribution in [3.63, 3.8) is 0 Å². The number of hydrogen-bond donors (Lipinski definition) is 0. The Hall–Kier alpha value is -1.39. The average Bonchev–Trinajstić information content (AvgIpc) is 3.21. The molecule has 0 spiro atoms. The monoisotopic (exact) mass is 450 g/mol. The van der Waals surface area contributed by atoms with Gasteiger partial charge < -0.3 is 9.30 Å². The molecule has 3 aromatic rings. The van der Waals surface area contributed by atoms with Crippen LogP contribution in [-0.2, 0) is 26.1 Å². The van der Waals surface area contributed by atoms with Crippen LogP contribution in [0.2, 0.25) is 10.0 Å². The Bertz CT molecular complexity index is 1130. The van der Waals surface area contributed by atoms with E-state index < -0.39 is 16.0 Å². The first-order chi connectivity index (χ1) is 12.3. The molecule has 0 aliphatic carbocycles. The number of aromatic nitrogens is 1. The average molecular weight is 451 g/mol. The Kier molecular flexibility index (Phi) is 5.73. The van der Waals surface area contributed by atoms with Gasteiger partial charge in [-0.25, -0.2) is 0 Å². The maximum absolute atomic E-state index is 12.5. The van der Waals surface area contributed by atoms with Crippen molar-refractivity contribution < 1.29 is 17.9 Å². The van der Waals surface area contributed by atoms with Crippen LogP contribution < -0.4 is 4.80 Å². The number of nitrogens with zero attached hydrogens (tertiary/aromatic N) is 2. The summed E-state index contributed by atoms with van der Waals surface area (Å²) in [6.45, 7) is 1.66. The van der Waals surface area contributed by atoms with Crippen LogP contribution in [0.5, 0.6) is 0 Å². The van der Waals surface area contributed by atoms with Gasteiger partial charge in [0, 0.05) is 0 Å². The van der Waals surface area contributed by atoms with E-state index >= 15 is 0 Å². The molecule has 0 bridgehead atoms. The summed E-state index contributed by atoms with van der Waals surface area (Å²) >= 11 is 14.6. The molecular formula is C15H12Cl2N2O4S3. The van der Waals surface area contributed by atoms with Gasteiger partial charge in [-0.3, -0.25) is 4.79 Å². The molecule has 1 aromatic carbocycles. The third-order valence-corrected chi connectivity index (χ3v) is 7.87. The van der Waals surface area contributed by atoms with Crippen LogP contribution in [0.3, 0.4) is 0 Å². The normalized spacial score (nSPS) is 12.7. The van der Waals surface area contributed by atoms with Crippen LogP contribution in [0.15, 0.2) is 38.3 Å². The first kappa shape index (κ1) is 19.4. The number of sulfonamides is 1. The number of esters is 1. The zero-order chi connectivity index (χ0) is 18.9. The number of thiophene rings is 1. The molecule has 3 rings (SSSR count). The number of fused-ring (bicyclic) bond motifs is 1. The molecule has 0 saturated carbocycles. The summed E-state index contributed by atoms with van der Waals surface area (Å²) in [4.78, 5) is 12.1. The largest absolute Gasteiger partial charge is 0.465 e. The Morgan fingerprint density at radius 3 is 2.65 bits per heavy atom. The SMILES string of the molecule is CCOC(=O)Cn1c(=NS(=O)(=O)c2cccs2)sc2c(Cl)ccc(Cl)c21. The third-order valence-electron chi connectivity index (χ3n) is 3.27. The van der Waals surface area contributed by atoms with Crippen LogP contribution in [0, 0.1) is 0 Å². The highest BCUT2D eigenvalue weighted by molar-refractivity contribution is 7.92. The van der Waals surface area contributed by atoms with Gasteiger partial charge >= 0.3 is 5.97 Å². The minimum Gasteiger partial charge on any atom is -0.465 e. The lowest BCUT2D eigenvalue weighted by Crippen LogP contribution is -2.23. The lowest BCUT2D eigenvalue weighted by atomic mass is 10.3. The number of rotatable bonds is 5. The summed E-state index contributed by atoms with van der Waals surface area (Å²) in [6, 6.07) is 6.28. The van der Waals surface area contributed by atoms with Gasteiger partial charge in [0.2, 0.25) is 4.80 Å². The van der Waals surface area contributed by atoms with E-state index in [2.05, 4.69) is 4.40 Å². The van der Waals surface area contributed by atoms with Crippen molar-refractivity contribution in [2.75, 3.05) is 6.61 Å². The molecule has 0 saturated heterocycles. The Morgan fingerprint density at radius 1 is 1.27 bits per heavy atom. The summed E-state index contributed by atoms with van der Waals surface area (Å²) in [5.74, 6) is -0.529. The molecule has 2 heterocycles. The number of hydrogen-bond acceptors (Lipinski definition) is 6. The van der Waals surface area contributed by atoms with Crippen LogP contribution >= 0.6 is 45.9 Å². The van der Waals surface area contributed by atoms with E-state index in [4.69, 9.17) is 27.9 Å². The highest BCUT2D eigenvalue weighted by atomic mass is 35.5. The highest BCUT2D eigenvalue weighted by Gasteiger charge is 2.19. The maximum Gasteiger partial charge on any atom is 0.326 e. The zero-order valence-corrected chi connectivity index (χ0v) is 17.3. The van der Waals surface area contributed by atoms with Gasteiger partial charge in [-0.2, -0.15) is 8.42 Å². The molecule has 0 unspecified atom stereocenters. The number of carbonyl (C=O) groups is 1. The van der Waals surface area contributed by atoms with Gasteiger partial charge in [0.25, 0.3) is 10.0 Å². The number of thiazole rings is 1. The fourth-order valence-electron chi connectivity index (χ4n) is 2.22. The summed E-state index contributed by atoms with van der Waals surface area (Å²) in [5, 5.41) is 2.37. The van der Waals surface area contributed by atoms with E-state index in [0.717, 1.165) is 22.7 Å². The molecule has 11 heteroatoms. The van der Waals surface area contributed by atoms with E-state index in [1.54, 1.807) is 30.5 Å². The van der Waals surface area contributed by atoms with Crippen molar-refractivity contribution in [2.24, 2.45) is 4.40 Å². The van der Waals surface area contributed by atoms with Gasteiger partial charge in [0.15, 0.2) is 0 Å². The van der Waals surface area contributed by atoms with Crippen molar-refractivity contribution in [2.45, 2.75) is 17.7 Å². The Labute approximate surface area is 167 Å². The summed E-state index contributed by atoms with van der Waals surface area (Å²) in [6.07, 6.45) is 0. The number of halogens is 2. The predicted octanol–water partition coefficient (Wildman–Crippen LogP) is 3.92. The fraction of sp³-hybridized carbons (Fsp3) is 0.200. The lowest BCUT2D eigenvalue weighted by Gasteiger charge is -2.06. The molecular weight excluding hydrogens is 439 g/mol. The fourth-order valence-corrected chi connectivity index (χ4v) is 6.04. The van der Waals surface area contributed by atoms with Gasteiger partial charge in [-0.1, -0.05) is 40.6 Å². The number of benzene rings is 1. The van der Waals surface area contributed by atoms with E-state index in [-0.39, 0.29) is 22.2 Å². The molecule has 6 nitrogen and oxygen atoms in total. The van der Waals surface area contributed by atoms with Gasteiger partial charge in [0.05, 0.1) is 26.9 Å². The minimum absolute atomic E-state index is 0.0939. The van der Waals surface area contributed by atoms with Crippen LogP contribution in [0.1, 0.15) is 6.92 Å². The highest BCUT2D eigenvalue weighted by Crippen LogP contribution is 2.32. The minimum atomic E-state index is -3.92. The Morgan fingerprint density at radius 2 is 2.00 bits per heavy atom. The van der Waals surface area contributed by atoms with Crippen LogP contribution in [-0.4, -0.2) is 25.6 Å². The first-order valence-electron chi connectivity index (χ1n) is 7.31. The second kappa shape index (κ2) is 7.69. The molecule has 0 amide bonds. The smallest absolute Gasteiger partial charge is 0.326 e. The zero-order valence-electron chi connectivity index (χ0n) is 13.3. The third kappa shape index (κ3) is 3.81. The van der Waals surface area contributed by atoms with Crippen molar-refractivity contribution in [3.05, 3.63) is 44.5 Å². The second-order valence-corrected chi connectivity index (χ2v) is 9.55. The molecule has 0 radical (unpaired) electrons. The van der Waals surface area contributed by atoms with Crippen molar-refractivity contribution >= 4 is 72.1 Å². The maximum atomic E-state index is 12.5. The molecule has 2 aromatic heterocycles. The van der Waals surface area contributed by atoms with Gasteiger partial charge in [0.1, 0.15) is 10.8 Å². The standard InChI is InChI=1S/C15H12Cl2N2O4S3/c1-2-23-11(20)8-19-13-9(16)5-6-10(17)14(13)25-15(19)18-26(21,22)12-4-3-7-24-12/h3-7H,2,8H2,1H3. The summed E-state index contributed by atoms with van der Waals surface area (Å²) in [7, 11) is -3.92. The van der Waals surface area contributed by atoms with Crippen LogP contribution in [0.25, 0.3) is 10.2 Å². The number of carbonyl (C=O) groups excluding carboxylic acids is 1. The lowest BCUT2D eigenvalue weighted by molar-refractivity contribution is -0.143. The second-order valence-electron chi connectivity index (χ2n) is 4.98. The molecule has 0 fully saturated rings. The molecule has 26 heavy (non-hydrogen) atoms. The summed E-state index contributed by atoms with van der Waals surface area (Å²) in [5.41, 5.74) is 0.442. The first-order valence-corrected chi connectivity index (χ1v) is 11.2. The topological polar surface area (TPSA) is 77.7 Å². The Balaban J connectivity index is 2.28. The quantitative estimate of drug-likeness (QED) is 0.551. The summed E-state index contributed by atoms with van der Waals surface area (Å²) < 4.78 is 36.0. The van der Waals surface area contributed by atoms with Crippen LogP contribution in [0.4, 0.5) is 0 Å². The van der Waals surface area contributed by atoms with Crippen molar-refractivity contribution in [1.29, 1.82) is 0 Å². The van der Waals surface area contributed by atoms with Crippen molar-refractivity contribution in [3.8, 4) is 0 Å². The van der Waals surface area contributed by atoms with E-state index in [1.807, 2.05) is 0 Å². The molecule has 0 aliphatic rings.